The van der Waals surface area contributed by atoms with Gasteiger partial charge in [0.2, 0.25) is 0 Å². The van der Waals surface area contributed by atoms with Gasteiger partial charge in [0.25, 0.3) is 0 Å². The monoisotopic (exact) mass is 202 g/mol. The van der Waals surface area contributed by atoms with Crippen LogP contribution in [0, 0.1) is 11.3 Å². The van der Waals surface area contributed by atoms with Crippen molar-refractivity contribution in [3.63, 3.8) is 0 Å². The fourth-order valence-corrected chi connectivity index (χ4v) is 4.11. The van der Waals surface area contributed by atoms with Gasteiger partial charge in [-0.05, 0) is 29.9 Å². The Morgan fingerprint density at radius 3 is 2.80 bits per heavy atom. The maximum absolute atomic E-state index is 9.75. The Balaban J connectivity index is 2.16. The maximum atomic E-state index is 9.75. The zero-order chi connectivity index (χ0) is 10.7. The average Bonchev–Trinajstić information content (AvgIpc) is 2.45. The first-order valence-corrected chi connectivity index (χ1v) is 5.83. The van der Waals surface area contributed by atoms with E-state index in [9.17, 15) is 5.11 Å². The van der Waals surface area contributed by atoms with Crippen molar-refractivity contribution >= 4 is 0 Å². The standard InChI is InChI=1S/C14H18O/c1-10-7-13(2)12-6-4-3-5-11(12)8-14(10,13)9-15/h3-6,10,15H,7-9H2,1-2H3/t10-,13-,14+/m0/s1. The lowest BCUT2D eigenvalue weighted by molar-refractivity contribution is -0.0895. The van der Waals surface area contributed by atoms with Crippen LogP contribution in [0.1, 0.15) is 31.4 Å². The second-order valence-corrected chi connectivity index (χ2v) is 5.59. The number of hydrogen-bond donors (Lipinski definition) is 1. The van der Waals surface area contributed by atoms with Crippen LogP contribution in [-0.4, -0.2) is 11.7 Å². The second-order valence-electron chi connectivity index (χ2n) is 5.59. The molecule has 0 spiro atoms. The molecule has 0 aromatic heterocycles. The molecule has 1 N–H and O–H groups in total. The van der Waals surface area contributed by atoms with E-state index in [1.165, 1.54) is 17.5 Å². The van der Waals surface area contributed by atoms with Gasteiger partial charge < -0.3 is 5.11 Å². The Bertz CT molecular complexity index is 412. The largest absolute Gasteiger partial charge is 0.396 e. The highest BCUT2D eigenvalue weighted by Crippen LogP contribution is 2.67. The minimum Gasteiger partial charge on any atom is -0.396 e. The Hall–Kier alpha value is -0.820. The van der Waals surface area contributed by atoms with E-state index < -0.39 is 0 Å². The lowest BCUT2D eigenvalue weighted by Crippen LogP contribution is -2.58. The van der Waals surface area contributed by atoms with Crippen LogP contribution in [0.4, 0.5) is 0 Å². The molecule has 1 aromatic rings. The summed E-state index contributed by atoms with van der Waals surface area (Å²) < 4.78 is 0. The molecule has 1 aromatic carbocycles. The first-order valence-electron chi connectivity index (χ1n) is 5.83. The molecule has 1 saturated carbocycles. The third kappa shape index (κ3) is 0.844. The third-order valence-electron chi connectivity index (χ3n) is 5.16. The molecule has 1 fully saturated rings. The van der Waals surface area contributed by atoms with Crippen LogP contribution >= 0.6 is 0 Å². The van der Waals surface area contributed by atoms with Gasteiger partial charge in [-0.15, -0.1) is 0 Å². The molecule has 3 rings (SSSR count). The van der Waals surface area contributed by atoms with E-state index in [1.807, 2.05) is 0 Å². The summed E-state index contributed by atoms with van der Waals surface area (Å²) in [7, 11) is 0. The highest BCUT2D eigenvalue weighted by Gasteiger charge is 2.64. The van der Waals surface area contributed by atoms with Crippen molar-refractivity contribution in [3.8, 4) is 0 Å². The first kappa shape index (κ1) is 9.41. The van der Waals surface area contributed by atoms with E-state index in [2.05, 4.69) is 38.1 Å². The molecule has 80 valence electrons. The molecule has 0 amide bonds. The molecule has 0 unspecified atom stereocenters. The normalized spacial score (nSPS) is 41.9. The van der Waals surface area contributed by atoms with Gasteiger partial charge in [-0.1, -0.05) is 38.1 Å². The van der Waals surface area contributed by atoms with Crippen LogP contribution in [0.25, 0.3) is 0 Å². The van der Waals surface area contributed by atoms with Crippen LogP contribution in [0.2, 0.25) is 0 Å². The van der Waals surface area contributed by atoms with Crippen LogP contribution in [0.15, 0.2) is 24.3 Å². The highest BCUT2D eigenvalue weighted by molar-refractivity contribution is 5.46. The van der Waals surface area contributed by atoms with E-state index in [0.29, 0.717) is 12.5 Å². The first-order chi connectivity index (χ1) is 7.14. The molecule has 1 nitrogen and oxygen atoms in total. The molecule has 15 heavy (non-hydrogen) atoms. The van der Waals surface area contributed by atoms with E-state index in [-0.39, 0.29) is 10.8 Å². The zero-order valence-electron chi connectivity index (χ0n) is 9.46. The Morgan fingerprint density at radius 1 is 1.40 bits per heavy atom. The van der Waals surface area contributed by atoms with Crippen LogP contribution in [0.5, 0.6) is 0 Å². The molecule has 3 atom stereocenters. The fourth-order valence-electron chi connectivity index (χ4n) is 4.11. The summed E-state index contributed by atoms with van der Waals surface area (Å²) in [5, 5.41) is 9.75. The second kappa shape index (κ2) is 2.65. The SMILES string of the molecule is C[C@H]1C[C@@]2(C)c3ccccc3C[C@@]12CO. The number of rotatable bonds is 1. The number of aliphatic hydroxyl groups is 1. The summed E-state index contributed by atoms with van der Waals surface area (Å²) in [6.07, 6.45) is 2.29. The van der Waals surface area contributed by atoms with Crippen molar-refractivity contribution in [3.05, 3.63) is 35.4 Å². The van der Waals surface area contributed by atoms with Crippen molar-refractivity contribution in [2.45, 2.75) is 32.1 Å². The van der Waals surface area contributed by atoms with Gasteiger partial charge in [0, 0.05) is 10.8 Å². The minimum absolute atomic E-state index is 0.136. The summed E-state index contributed by atoms with van der Waals surface area (Å²) in [5.74, 6) is 0.653. The smallest absolute Gasteiger partial charge is 0.0501 e. The van der Waals surface area contributed by atoms with E-state index in [4.69, 9.17) is 0 Å². The van der Waals surface area contributed by atoms with Crippen molar-refractivity contribution < 1.29 is 5.11 Å². The zero-order valence-corrected chi connectivity index (χ0v) is 9.46. The molecule has 0 saturated heterocycles. The summed E-state index contributed by atoms with van der Waals surface area (Å²) in [6.45, 7) is 4.94. The van der Waals surface area contributed by atoms with Crippen molar-refractivity contribution in [2.75, 3.05) is 6.61 Å². The Labute approximate surface area is 91.1 Å². The van der Waals surface area contributed by atoms with Gasteiger partial charge in [-0.2, -0.15) is 0 Å². The van der Waals surface area contributed by atoms with Gasteiger partial charge in [0.15, 0.2) is 0 Å². The van der Waals surface area contributed by atoms with Gasteiger partial charge in [-0.25, -0.2) is 0 Å². The maximum Gasteiger partial charge on any atom is 0.0501 e. The fraction of sp³-hybridized carbons (Fsp3) is 0.571. The Kier molecular flexibility index (Phi) is 1.66. The molecule has 0 radical (unpaired) electrons. The van der Waals surface area contributed by atoms with E-state index >= 15 is 0 Å². The van der Waals surface area contributed by atoms with E-state index in [0.717, 1.165) is 6.42 Å². The summed E-state index contributed by atoms with van der Waals surface area (Å²) in [5.41, 5.74) is 3.31. The topological polar surface area (TPSA) is 20.2 Å². The molecule has 0 heterocycles. The van der Waals surface area contributed by atoms with Gasteiger partial charge in [-0.3, -0.25) is 0 Å². The Morgan fingerprint density at radius 2 is 2.13 bits per heavy atom. The minimum atomic E-state index is 0.136. The lowest BCUT2D eigenvalue weighted by atomic mass is 9.45. The van der Waals surface area contributed by atoms with E-state index in [1.54, 1.807) is 0 Å². The van der Waals surface area contributed by atoms with Crippen LogP contribution < -0.4 is 0 Å². The lowest BCUT2D eigenvalue weighted by Gasteiger charge is -2.58. The van der Waals surface area contributed by atoms with Gasteiger partial charge in [0.05, 0.1) is 6.61 Å². The van der Waals surface area contributed by atoms with Crippen molar-refractivity contribution in [2.24, 2.45) is 11.3 Å². The summed E-state index contributed by atoms with van der Waals surface area (Å²) in [4.78, 5) is 0. The molecular weight excluding hydrogens is 184 g/mol. The summed E-state index contributed by atoms with van der Waals surface area (Å²) in [6, 6.07) is 8.71. The highest BCUT2D eigenvalue weighted by atomic mass is 16.3. The predicted molar refractivity (Wildman–Crippen MR) is 60.8 cm³/mol. The molecule has 2 aliphatic rings. The number of benzene rings is 1. The number of fused-ring (bicyclic) bond motifs is 3. The molecule has 0 bridgehead atoms. The number of aliphatic hydroxyl groups excluding tert-OH is 1. The predicted octanol–water partition coefficient (Wildman–Crippen LogP) is 2.52. The molecule has 2 aliphatic carbocycles. The number of hydrogen-bond acceptors (Lipinski definition) is 1. The van der Waals surface area contributed by atoms with Crippen molar-refractivity contribution in [1.29, 1.82) is 0 Å². The van der Waals surface area contributed by atoms with Crippen LogP contribution in [0.3, 0.4) is 0 Å². The van der Waals surface area contributed by atoms with Gasteiger partial charge >= 0.3 is 0 Å². The molecule has 0 aliphatic heterocycles. The molecule has 1 heteroatoms. The third-order valence-corrected chi connectivity index (χ3v) is 5.16. The average molecular weight is 202 g/mol. The van der Waals surface area contributed by atoms with Crippen molar-refractivity contribution in [1.82, 2.24) is 0 Å². The molecular formula is C14H18O. The van der Waals surface area contributed by atoms with Gasteiger partial charge in [0.1, 0.15) is 0 Å². The summed E-state index contributed by atoms with van der Waals surface area (Å²) >= 11 is 0. The van der Waals surface area contributed by atoms with Crippen LogP contribution in [-0.2, 0) is 11.8 Å². The quantitative estimate of drug-likeness (QED) is 0.742.